The molecule has 2 rings (SSSR count). The van der Waals surface area contributed by atoms with Crippen LogP contribution in [0.1, 0.15) is 57.9 Å². The maximum Gasteiger partial charge on any atom is 0.119 e. The van der Waals surface area contributed by atoms with Gasteiger partial charge >= 0.3 is 0 Å². The van der Waals surface area contributed by atoms with Gasteiger partial charge in [-0.05, 0) is 57.6 Å². The van der Waals surface area contributed by atoms with Crippen molar-refractivity contribution in [2.45, 2.75) is 59.3 Å². The fourth-order valence-electron chi connectivity index (χ4n) is 2.29. The van der Waals surface area contributed by atoms with Crippen LogP contribution in [0, 0.1) is 6.92 Å². The Morgan fingerprint density at radius 1 is 0.952 bits per heavy atom. The van der Waals surface area contributed by atoms with Gasteiger partial charge in [-0.25, -0.2) is 0 Å². The number of hydrogen-bond acceptors (Lipinski definition) is 1. The quantitative estimate of drug-likeness (QED) is 0.539. The van der Waals surface area contributed by atoms with Gasteiger partial charge in [0.1, 0.15) is 5.75 Å². The van der Waals surface area contributed by atoms with Gasteiger partial charge < -0.3 is 4.74 Å². The van der Waals surface area contributed by atoms with Crippen LogP contribution in [0.25, 0.3) is 0 Å². The highest BCUT2D eigenvalue weighted by molar-refractivity contribution is 5.26. The summed E-state index contributed by atoms with van der Waals surface area (Å²) in [5.74, 6) is 0.989. The minimum Gasteiger partial charge on any atom is -0.494 e. The van der Waals surface area contributed by atoms with Gasteiger partial charge in [0.2, 0.25) is 0 Å². The van der Waals surface area contributed by atoms with E-state index < -0.39 is 0 Å². The normalized spacial score (nSPS) is 13.2. The van der Waals surface area contributed by atoms with Crippen molar-refractivity contribution < 1.29 is 4.74 Å². The number of ether oxygens (including phenoxy) is 1. The Kier molecular flexibility index (Phi) is 9.35. The number of benzene rings is 1. The van der Waals surface area contributed by atoms with Crippen molar-refractivity contribution in [3.63, 3.8) is 0 Å². The van der Waals surface area contributed by atoms with Crippen molar-refractivity contribution in [1.29, 1.82) is 0 Å². The van der Waals surface area contributed by atoms with Gasteiger partial charge in [-0.1, -0.05) is 55.3 Å². The van der Waals surface area contributed by atoms with Gasteiger partial charge in [0.15, 0.2) is 0 Å². The molecule has 0 radical (unpaired) electrons. The number of aryl methyl sites for hydroxylation is 1. The molecule has 1 aliphatic carbocycles. The molecule has 0 aliphatic heterocycles. The summed E-state index contributed by atoms with van der Waals surface area (Å²) in [6, 6.07) is 8.29. The highest BCUT2D eigenvalue weighted by atomic mass is 16.5. The molecular weight excluding hydrogens is 256 g/mol. The molecule has 0 heterocycles. The summed E-state index contributed by atoms with van der Waals surface area (Å²) in [6.45, 7) is 6.93. The van der Waals surface area contributed by atoms with Crippen LogP contribution in [-0.4, -0.2) is 6.61 Å². The number of hydrogen-bond donors (Lipinski definition) is 0. The van der Waals surface area contributed by atoms with Gasteiger partial charge in [-0.2, -0.15) is 0 Å². The molecule has 116 valence electrons. The van der Waals surface area contributed by atoms with Crippen molar-refractivity contribution in [3.05, 3.63) is 53.6 Å². The predicted molar refractivity (Wildman–Crippen MR) is 92.9 cm³/mol. The molecule has 1 aliphatic rings. The van der Waals surface area contributed by atoms with E-state index in [0.717, 1.165) is 18.8 Å². The first-order valence-electron chi connectivity index (χ1n) is 8.39. The molecule has 0 saturated carbocycles. The van der Waals surface area contributed by atoms with Crippen molar-refractivity contribution in [3.8, 4) is 5.75 Å². The third-order valence-corrected chi connectivity index (χ3v) is 3.47. The van der Waals surface area contributed by atoms with Crippen molar-refractivity contribution in [2.75, 3.05) is 6.61 Å². The second-order valence-corrected chi connectivity index (χ2v) is 5.23. The first-order valence-corrected chi connectivity index (χ1v) is 8.39. The van der Waals surface area contributed by atoms with Gasteiger partial charge in [0, 0.05) is 0 Å². The largest absolute Gasteiger partial charge is 0.494 e. The Balaban J connectivity index is 0.00000106. The SMILES string of the molecule is CC.Cc1ccc(OCCCCCC2=CCCC=C2)cc1. The molecule has 0 unspecified atom stereocenters. The molecule has 1 aromatic carbocycles. The lowest BCUT2D eigenvalue weighted by Gasteiger charge is -2.08. The molecular formula is C20H30O. The summed E-state index contributed by atoms with van der Waals surface area (Å²) in [5, 5.41) is 0. The summed E-state index contributed by atoms with van der Waals surface area (Å²) >= 11 is 0. The van der Waals surface area contributed by atoms with Crippen LogP contribution in [0.3, 0.4) is 0 Å². The minimum absolute atomic E-state index is 0.831. The van der Waals surface area contributed by atoms with E-state index in [0.29, 0.717) is 0 Å². The van der Waals surface area contributed by atoms with Crippen LogP contribution in [-0.2, 0) is 0 Å². The molecule has 0 N–H and O–H groups in total. The van der Waals surface area contributed by atoms with Crippen LogP contribution in [0.4, 0.5) is 0 Å². The summed E-state index contributed by atoms with van der Waals surface area (Å²) in [4.78, 5) is 0. The van der Waals surface area contributed by atoms with Gasteiger partial charge in [-0.3, -0.25) is 0 Å². The third kappa shape index (κ3) is 7.75. The van der Waals surface area contributed by atoms with E-state index in [-0.39, 0.29) is 0 Å². The van der Waals surface area contributed by atoms with E-state index in [9.17, 15) is 0 Å². The lowest BCUT2D eigenvalue weighted by Crippen LogP contribution is -1.97. The van der Waals surface area contributed by atoms with E-state index in [1.54, 1.807) is 0 Å². The molecule has 0 saturated heterocycles. The zero-order chi connectivity index (χ0) is 15.3. The standard InChI is InChI=1S/C18H24O.C2H6/c1-16-11-13-18(14-12-16)19-15-7-3-6-10-17-8-4-2-5-9-17;1-2/h4,8-9,11-14H,2-3,5-7,10,15H2,1H3;1-2H3. The topological polar surface area (TPSA) is 9.23 Å². The average molecular weight is 286 g/mol. The van der Waals surface area contributed by atoms with Crippen molar-refractivity contribution in [2.24, 2.45) is 0 Å². The smallest absolute Gasteiger partial charge is 0.119 e. The van der Waals surface area contributed by atoms with Crippen LogP contribution in [0.15, 0.2) is 48.1 Å². The van der Waals surface area contributed by atoms with E-state index in [1.165, 1.54) is 43.2 Å². The maximum absolute atomic E-state index is 5.72. The average Bonchev–Trinajstić information content (AvgIpc) is 2.55. The first kappa shape index (κ1) is 17.6. The lowest BCUT2D eigenvalue weighted by molar-refractivity contribution is 0.305. The summed E-state index contributed by atoms with van der Waals surface area (Å²) < 4.78 is 5.72. The second kappa shape index (κ2) is 11.2. The zero-order valence-electron chi connectivity index (χ0n) is 13.9. The molecule has 0 spiro atoms. The molecule has 0 amide bonds. The van der Waals surface area contributed by atoms with Crippen LogP contribution < -0.4 is 4.74 Å². The first-order chi connectivity index (χ1) is 10.3. The molecule has 0 atom stereocenters. The molecule has 1 heteroatoms. The molecule has 1 nitrogen and oxygen atoms in total. The van der Waals surface area contributed by atoms with Crippen molar-refractivity contribution in [1.82, 2.24) is 0 Å². The van der Waals surface area contributed by atoms with Crippen LogP contribution in [0.5, 0.6) is 5.75 Å². The van der Waals surface area contributed by atoms with E-state index in [1.807, 2.05) is 26.0 Å². The van der Waals surface area contributed by atoms with Gasteiger partial charge in [0.05, 0.1) is 6.61 Å². The fraction of sp³-hybridized carbons (Fsp3) is 0.500. The summed E-state index contributed by atoms with van der Waals surface area (Å²) in [5.41, 5.74) is 2.80. The summed E-state index contributed by atoms with van der Waals surface area (Å²) in [6.07, 6.45) is 14.3. The Morgan fingerprint density at radius 2 is 1.71 bits per heavy atom. The minimum atomic E-state index is 0.831. The molecule has 21 heavy (non-hydrogen) atoms. The highest BCUT2D eigenvalue weighted by Gasteiger charge is 1.98. The monoisotopic (exact) mass is 286 g/mol. The maximum atomic E-state index is 5.72. The van der Waals surface area contributed by atoms with E-state index in [2.05, 4.69) is 37.3 Å². The van der Waals surface area contributed by atoms with Crippen LogP contribution in [0.2, 0.25) is 0 Å². The van der Waals surface area contributed by atoms with E-state index >= 15 is 0 Å². The Hall–Kier alpha value is -1.50. The number of allylic oxidation sites excluding steroid dienone is 4. The lowest BCUT2D eigenvalue weighted by atomic mass is 10.0. The van der Waals surface area contributed by atoms with Crippen LogP contribution >= 0.6 is 0 Å². The highest BCUT2D eigenvalue weighted by Crippen LogP contribution is 2.17. The third-order valence-electron chi connectivity index (χ3n) is 3.47. The molecule has 1 aromatic rings. The Bertz CT molecular complexity index is 426. The number of rotatable bonds is 7. The summed E-state index contributed by atoms with van der Waals surface area (Å²) in [7, 11) is 0. The molecule has 0 fully saturated rings. The zero-order valence-corrected chi connectivity index (χ0v) is 13.9. The Labute approximate surface area is 130 Å². The predicted octanol–water partition coefficient (Wildman–Crippen LogP) is 6.24. The van der Waals surface area contributed by atoms with Gasteiger partial charge in [0.25, 0.3) is 0 Å². The fourth-order valence-corrected chi connectivity index (χ4v) is 2.29. The molecule has 0 bridgehead atoms. The van der Waals surface area contributed by atoms with E-state index in [4.69, 9.17) is 4.74 Å². The molecule has 0 aromatic heterocycles. The van der Waals surface area contributed by atoms with Gasteiger partial charge in [-0.15, -0.1) is 0 Å². The van der Waals surface area contributed by atoms with Crippen molar-refractivity contribution >= 4 is 0 Å². The number of unbranched alkanes of at least 4 members (excludes halogenated alkanes) is 2. The second-order valence-electron chi connectivity index (χ2n) is 5.23. The Morgan fingerprint density at radius 3 is 2.38 bits per heavy atom.